The second-order valence-electron chi connectivity index (χ2n) is 3.98. The highest BCUT2D eigenvalue weighted by atomic mass is 32.2. The van der Waals surface area contributed by atoms with E-state index in [0.29, 0.717) is 16.5 Å². The Morgan fingerprint density at radius 2 is 2.28 bits per heavy atom. The van der Waals surface area contributed by atoms with Crippen LogP contribution in [0.4, 0.5) is 0 Å². The highest BCUT2D eigenvalue weighted by molar-refractivity contribution is 7.99. The Balaban J connectivity index is 2.02. The number of nitrogens with one attached hydrogen (secondary N) is 1. The zero-order chi connectivity index (χ0) is 12.8. The SMILES string of the molecule is O=C(NC1CCSCC1)c1sccc1C#CCO. The van der Waals surface area contributed by atoms with E-state index in [1.54, 1.807) is 0 Å². The molecule has 3 nitrogen and oxygen atoms in total. The van der Waals surface area contributed by atoms with Gasteiger partial charge in [0.05, 0.1) is 0 Å². The van der Waals surface area contributed by atoms with Gasteiger partial charge >= 0.3 is 0 Å². The van der Waals surface area contributed by atoms with E-state index in [1.807, 2.05) is 23.2 Å². The van der Waals surface area contributed by atoms with E-state index in [9.17, 15) is 4.79 Å². The number of hydrogen-bond donors (Lipinski definition) is 2. The van der Waals surface area contributed by atoms with Crippen LogP contribution in [0, 0.1) is 11.8 Å². The van der Waals surface area contributed by atoms with Crippen LogP contribution in [0.3, 0.4) is 0 Å². The maximum absolute atomic E-state index is 12.1. The van der Waals surface area contributed by atoms with Gasteiger partial charge in [0.1, 0.15) is 11.5 Å². The van der Waals surface area contributed by atoms with E-state index in [0.717, 1.165) is 24.3 Å². The molecule has 0 radical (unpaired) electrons. The van der Waals surface area contributed by atoms with Crippen LogP contribution in [0.2, 0.25) is 0 Å². The van der Waals surface area contributed by atoms with Crippen molar-refractivity contribution < 1.29 is 9.90 Å². The van der Waals surface area contributed by atoms with Gasteiger partial charge in [0.25, 0.3) is 5.91 Å². The summed E-state index contributed by atoms with van der Waals surface area (Å²) in [5, 5.41) is 13.6. The van der Waals surface area contributed by atoms with E-state index in [4.69, 9.17) is 5.11 Å². The monoisotopic (exact) mass is 281 g/mol. The summed E-state index contributed by atoms with van der Waals surface area (Å²) >= 11 is 3.33. The zero-order valence-corrected chi connectivity index (χ0v) is 11.6. The lowest BCUT2D eigenvalue weighted by Gasteiger charge is -2.22. The fraction of sp³-hybridized carbons (Fsp3) is 0.462. The van der Waals surface area contributed by atoms with Crippen molar-refractivity contribution in [3.05, 3.63) is 21.9 Å². The fourth-order valence-corrected chi connectivity index (χ4v) is 3.67. The summed E-state index contributed by atoms with van der Waals surface area (Å²) in [6, 6.07) is 2.11. The molecule has 18 heavy (non-hydrogen) atoms. The van der Waals surface area contributed by atoms with Crippen molar-refractivity contribution in [1.82, 2.24) is 5.32 Å². The molecule has 1 aromatic rings. The third-order valence-electron chi connectivity index (χ3n) is 2.73. The molecule has 2 N–H and O–H groups in total. The van der Waals surface area contributed by atoms with Gasteiger partial charge in [0.2, 0.25) is 0 Å². The van der Waals surface area contributed by atoms with Crippen LogP contribution in [0.5, 0.6) is 0 Å². The van der Waals surface area contributed by atoms with E-state index < -0.39 is 0 Å². The molecule has 1 aliphatic heterocycles. The summed E-state index contributed by atoms with van der Waals surface area (Å²) < 4.78 is 0. The molecular weight excluding hydrogens is 266 g/mol. The largest absolute Gasteiger partial charge is 0.384 e. The molecule has 2 rings (SSSR count). The lowest BCUT2D eigenvalue weighted by molar-refractivity contribution is 0.0939. The average molecular weight is 281 g/mol. The van der Waals surface area contributed by atoms with Crippen molar-refractivity contribution in [2.45, 2.75) is 18.9 Å². The topological polar surface area (TPSA) is 49.3 Å². The van der Waals surface area contributed by atoms with Gasteiger partial charge in [0.15, 0.2) is 0 Å². The lowest BCUT2D eigenvalue weighted by Crippen LogP contribution is -2.37. The highest BCUT2D eigenvalue weighted by Gasteiger charge is 2.19. The predicted molar refractivity (Wildman–Crippen MR) is 76.1 cm³/mol. The number of aliphatic hydroxyl groups excluding tert-OH is 1. The van der Waals surface area contributed by atoms with Crippen LogP contribution in [0.1, 0.15) is 28.1 Å². The predicted octanol–water partition coefficient (Wildman–Crippen LogP) is 1.72. The molecule has 2 heterocycles. The first-order chi connectivity index (χ1) is 8.81. The molecule has 1 amide bonds. The van der Waals surface area contributed by atoms with Crippen molar-refractivity contribution in [2.24, 2.45) is 0 Å². The third-order valence-corrected chi connectivity index (χ3v) is 4.69. The van der Waals surface area contributed by atoms with Gasteiger partial charge in [-0.2, -0.15) is 11.8 Å². The summed E-state index contributed by atoms with van der Waals surface area (Å²) in [7, 11) is 0. The Morgan fingerprint density at radius 1 is 1.50 bits per heavy atom. The molecule has 1 saturated heterocycles. The Morgan fingerprint density at radius 3 is 3.00 bits per heavy atom. The fourth-order valence-electron chi connectivity index (χ4n) is 1.81. The van der Waals surface area contributed by atoms with Crippen LogP contribution < -0.4 is 5.32 Å². The quantitative estimate of drug-likeness (QED) is 0.812. The van der Waals surface area contributed by atoms with E-state index >= 15 is 0 Å². The molecule has 0 atom stereocenters. The number of thioether (sulfide) groups is 1. The lowest BCUT2D eigenvalue weighted by atomic mass is 10.1. The Hall–Kier alpha value is -0.960. The minimum atomic E-state index is -0.184. The van der Waals surface area contributed by atoms with Crippen molar-refractivity contribution >= 4 is 29.0 Å². The van der Waals surface area contributed by atoms with Crippen molar-refractivity contribution in [2.75, 3.05) is 18.1 Å². The number of aliphatic hydroxyl groups is 1. The molecule has 5 heteroatoms. The van der Waals surface area contributed by atoms with Gasteiger partial charge < -0.3 is 10.4 Å². The van der Waals surface area contributed by atoms with E-state index in [1.165, 1.54) is 11.3 Å². The summed E-state index contributed by atoms with van der Waals surface area (Å²) in [4.78, 5) is 12.8. The summed E-state index contributed by atoms with van der Waals surface area (Å²) in [5.41, 5.74) is 0.705. The normalized spacial score (nSPS) is 15.8. The number of rotatable bonds is 2. The standard InChI is InChI=1S/C13H15NO2S2/c15-6-1-2-10-3-9-18-12(10)13(16)14-11-4-7-17-8-5-11/h3,9,11,15H,4-8H2,(H,14,16). The van der Waals surface area contributed by atoms with Gasteiger partial charge in [-0.25, -0.2) is 0 Å². The second kappa shape index (κ2) is 6.83. The first kappa shape index (κ1) is 13.5. The molecule has 96 valence electrons. The van der Waals surface area contributed by atoms with Gasteiger partial charge in [0, 0.05) is 11.6 Å². The molecule has 0 spiro atoms. The van der Waals surface area contributed by atoms with Crippen LogP contribution in [0.15, 0.2) is 11.4 Å². The Kier molecular flexibility index (Phi) is 5.12. The number of thiophene rings is 1. The van der Waals surface area contributed by atoms with Crippen molar-refractivity contribution in [3.8, 4) is 11.8 Å². The molecule has 0 bridgehead atoms. The number of carbonyl (C=O) groups is 1. The number of carbonyl (C=O) groups excluding carboxylic acids is 1. The molecule has 1 aromatic heterocycles. The van der Waals surface area contributed by atoms with Crippen LogP contribution in [-0.4, -0.2) is 35.2 Å². The first-order valence-electron chi connectivity index (χ1n) is 5.87. The van der Waals surface area contributed by atoms with E-state index in [-0.39, 0.29) is 12.5 Å². The van der Waals surface area contributed by atoms with Gasteiger partial charge in [-0.15, -0.1) is 11.3 Å². The summed E-state index contributed by atoms with van der Waals surface area (Å²) in [6.07, 6.45) is 2.08. The second-order valence-corrected chi connectivity index (χ2v) is 6.12. The van der Waals surface area contributed by atoms with Crippen molar-refractivity contribution in [1.29, 1.82) is 0 Å². The van der Waals surface area contributed by atoms with Gasteiger partial charge in [-0.05, 0) is 35.8 Å². The molecule has 0 aliphatic carbocycles. The number of amides is 1. The molecule has 1 fully saturated rings. The Labute approximate surface area is 115 Å². The smallest absolute Gasteiger partial charge is 0.262 e. The van der Waals surface area contributed by atoms with E-state index in [2.05, 4.69) is 17.2 Å². The third kappa shape index (κ3) is 3.52. The highest BCUT2D eigenvalue weighted by Crippen LogP contribution is 2.19. The maximum Gasteiger partial charge on any atom is 0.262 e. The summed E-state index contributed by atoms with van der Waals surface area (Å²) in [5.74, 6) is 7.58. The minimum absolute atomic E-state index is 0.0378. The minimum Gasteiger partial charge on any atom is -0.384 e. The van der Waals surface area contributed by atoms with Gasteiger partial charge in [-0.3, -0.25) is 4.79 Å². The Bertz CT molecular complexity index is 467. The molecule has 0 aromatic carbocycles. The van der Waals surface area contributed by atoms with Crippen LogP contribution in [-0.2, 0) is 0 Å². The van der Waals surface area contributed by atoms with Crippen molar-refractivity contribution in [3.63, 3.8) is 0 Å². The molecule has 0 saturated carbocycles. The first-order valence-corrected chi connectivity index (χ1v) is 7.90. The van der Waals surface area contributed by atoms with Crippen LogP contribution >= 0.6 is 23.1 Å². The van der Waals surface area contributed by atoms with Crippen LogP contribution in [0.25, 0.3) is 0 Å². The maximum atomic E-state index is 12.1. The molecule has 1 aliphatic rings. The summed E-state index contributed by atoms with van der Waals surface area (Å²) in [6.45, 7) is -0.184. The number of hydrogen-bond acceptors (Lipinski definition) is 4. The zero-order valence-electron chi connectivity index (χ0n) is 9.94. The van der Waals surface area contributed by atoms with Gasteiger partial charge in [-0.1, -0.05) is 11.8 Å². The molecular formula is C13H15NO2S2. The molecule has 0 unspecified atom stereocenters. The average Bonchev–Trinajstić information content (AvgIpc) is 2.86.